The summed E-state index contributed by atoms with van der Waals surface area (Å²) in [4.78, 5) is 29.3. The molecule has 6 nitrogen and oxygen atoms in total. The van der Waals surface area contributed by atoms with Gasteiger partial charge in [0.1, 0.15) is 20.1 Å². The van der Waals surface area contributed by atoms with Crippen molar-refractivity contribution in [3.8, 4) is 11.5 Å². The van der Waals surface area contributed by atoms with Crippen LogP contribution < -0.4 is 0 Å². The number of hydrogen-bond donors (Lipinski definition) is 2. The monoisotopic (exact) mass is 500 g/mol. The molecule has 2 aromatic carbocycles. The average Bonchev–Trinajstić information content (AvgIpc) is 3.18. The van der Waals surface area contributed by atoms with Crippen LogP contribution in [0.25, 0.3) is 12.2 Å². The molecule has 32 heavy (non-hydrogen) atoms. The highest BCUT2D eigenvalue weighted by Crippen LogP contribution is 2.36. The average molecular weight is 501 g/mol. The molecule has 0 unspecified atom stereocenters. The van der Waals surface area contributed by atoms with Crippen molar-refractivity contribution >= 4 is 80.6 Å². The van der Waals surface area contributed by atoms with Gasteiger partial charge in [0.25, 0.3) is 11.8 Å². The van der Waals surface area contributed by atoms with Gasteiger partial charge >= 0.3 is 0 Å². The van der Waals surface area contributed by atoms with Gasteiger partial charge in [-0.05, 0) is 24.3 Å². The lowest BCUT2D eigenvalue weighted by Gasteiger charge is -2.19. The first-order valence-electron chi connectivity index (χ1n) is 9.42. The van der Waals surface area contributed by atoms with Crippen molar-refractivity contribution in [1.82, 2.24) is 9.80 Å². The fraction of sp³-hybridized carbons (Fsp3) is 0.0909. The Balaban J connectivity index is 1.45. The minimum Gasteiger partial charge on any atom is -0.507 e. The van der Waals surface area contributed by atoms with Crippen LogP contribution in [0.15, 0.2) is 58.3 Å². The second kappa shape index (κ2) is 9.45. The van der Waals surface area contributed by atoms with Crippen LogP contribution in [-0.4, -0.2) is 53.6 Å². The molecular weight excluding hydrogens is 485 g/mol. The lowest BCUT2D eigenvalue weighted by atomic mass is 10.2. The van der Waals surface area contributed by atoms with E-state index < -0.39 is 0 Å². The molecule has 2 N–H and O–H groups in total. The molecule has 2 fully saturated rings. The highest BCUT2D eigenvalue weighted by molar-refractivity contribution is 8.27. The molecule has 2 amide bonds. The predicted molar refractivity (Wildman–Crippen MR) is 136 cm³/mol. The number of phenols is 2. The van der Waals surface area contributed by atoms with Crippen LogP contribution in [0, 0.1) is 0 Å². The molecule has 0 aliphatic carbocycles. The third kappa shape index (κ3) is 4.58. The number of hydrogen-bond acceptors (Lipinski definition) is 8. The maximum atomic E-state index is 12.8. The van der Waals surface area contributed by atoms with Crippen molar-refractivity contribution in [3.05, 3.63) is 69.5 Å². The van der Waals surface area contributed by atoms with Gasteiger partial charge in [-0.15, -0.1) is 0 Å². The van der Waals surface area contributed by atoms with Crippen molar-refractivity contribution < 1.29 is 19.8 Å². The third-order valence-electron chi connectivity index (χ3n) is 4.74. The fourth-order valence-electron chi connectivity index (χ4n) is 3.09. The van der Waals surface area contributed by atoms with Crippen LogP contribution in [0.4, 0.5) is 0 Å². The van der Waals surface area contributed by atoms with Gasteiger partial charge < -0.3 is 10.2 Å². The summed E-state index contributed by atoms with van der Waals surface area (Å²) < 4.78 is 0.763. The van der Waals surface area contributed by atoms with E-state index >= 15 is 0 Å². The summed E-state index contributed by atoms with van der Waals surface area (Å²) in [6.45, 7) is 0.387. The van der Waals surface area contributed by atoms with E-state index in [1.54, 1.807) is 60.7 Å². The van der Waals surface area contributed by atoms with Crippen molar-refractivity contribution in [3.63, 3.8) is 0 Å². The predicted octanol–water partition coefficient (Wildman–Crippen LogP) is 4.20. The molecule has 2 aromatic rings. The number of benzene rings is 2. The van der Waals surface area contributed by atoms with Crippen molar-refractivity contribution in [2.24, 2.45) is 0 Å². The Morgan fingerprint density at radius 1 is 0.719 bits per heavy atom. The SMILES string of the molecule is O=C1C(=Cc2ccccc2O)SC(=S)N1CCN1C(=O)C(=Cc2ccccc2O)SC1=S. The van der Waals surface area contributed by atoms with E-state index in [1.165, 1.54) is 9.80 Å². The van der Waals surface area contributed by atoms with Gasteiger partial charge in [-0.25, -0.2) is 0 Å². The molecule has 0 spiro atoms. The topological polar surface area (TPSA) is 81.1 Å². The number of para-hydroxylation sites is 2. The number of thioether (sulfide) groups is 2. The van der Waals surface area contributed by atoms with Gasteiger partial charge in [0.2, 0.25) is 0 Å². The van der Waals surface area contributed by atoms with Crippen LogP contribution in [0.3, 0.4) is 0 Å². The Morgan fingerprint density at radius 3 is 1.47 bits per heavy atom. The van der Waals surface area contributed by atoms with Gasteiger partial charge in [0.05, 0.1) is 9.81 Å². The zero-order valence-electron chi connectivity index (χ0n) is 16.4. The second-order valence-corrected chi connectivity index (χ2v) is 10.1. The molecule has 0 radical (unpaired) electrons. The van der Waals surface area contributed by atoms with E-state index in [2.05, 4.69) is 0 Å². The summed E-state index contributed by atoms with van der Waals surface area (Å²) in [7, 11) is 0. The van der Waals surface area contributed by atoms with E-state index in [9.17, 15) is 19.8 Å². The summed E-state index contributed by atoms with van der Waals surface area (Å²) in [5, 5.41) is 19.9. The molecule has 10 heteroatoms. The first-order valence-corrected chi connectivity index (χ1v) is 11.9. The highest BCUT2D eigenvalue weighted by Gasteiger charge is 2.36. The molecule has 0 bridgehead atoms. The molecule has 0 saturated carbocycles. The number of rotatable bonds is 5. The fourth-order valence-corrected chi connectivity index (χ4v) is 5.69. The van der Waals surface area contributed by atoms with E-state index in [0.29, 0.717) is 29.6 Å². The summed E-state index contributed by atoms with van der Waals surface area (Å²) in [6, 6.07) is 13.4. The molecule has 2 saturated heterocycles. The number of phenolic OH excluding ortho intramolecular Hbond substituents is 2. The van der Waals surface area contributed by atoms with E-state index in [-0.39, 0.29) is 36.4 Å². The van der Waals surface area contributed by atoms with Crippen LogP contribution in [-0.2, 0) is 9.59 Å². The highest BCUT2D eigenvalue weighted by atomic mass is 32.2. The van der Waals surface area contributed by atoms with Gasteiger partial charge in [-0.1, -0.05) is 84.4 Å². The van der Waals surface area contributed by atoms with Crippen LogP contribution >= 0.6 is 48.0 Å². The number of thiocarbonyl (C=S) groups is 2. The summed E-state index contributed by atoms with van der Waals surface area (Å²) in [5.41, 5.74) is 1.05. The Morgan fingerprint density at radius 2 is 1.09 bits per heavy atom. The molecule has 0 atom stereocenters. The van der Waals surface area contributed by atoms with Crippen LogP contribution in [0.1, 0.15) is 11.1 Å². The number of aromatic hydroxyl groups is 2. The quantitative estimate of drug-likeness (QED) is 0.467. The third-order valence-corrected chi connectivity index (χ3v) is 7.50. The van der Waals surface area contributed by atoms with Gasteiger partial charge in [-0.3, -0.25) is 19.4 Å². The second-order valence-electron chi connectivity index (χ2n) is 6.78. The summed E-state index contributed by atoms with van der Waals surface area (Å²) >= 11 is 13.0. The minimum atomic E-state index is -0.279. The normalized spacial score (nSPS) is 19.1. The van der Waals surface area contributed by atoms with E-state index in [4.69, 9.17) is 24.4 Å². The smallest absolute Gasteiger partial charge is 0.266 e. The summed E-state index contributed by atoms with van der Waals surface area (Å²) in [5.74, 6) is -0.407. The Bertz CT molecular complexity index is 1110. The van der Waals surface area contributed by atoms with Crippen molar-refractivity contribution in [2.75, 3.05) is 13.1 Å². The standard InChI is InChI=1S/C22H16N2O4S4/c25-15-7-3-1-5-13(15)11-17-19(27)23(21(29)31-17)9-10-24-20(28)18(32-22(24)30)12-14-6-2-4-8-16(14)26/h1-8,11-12,25-26H,9-10H2. The largest absolute Gasteiger partial charge is 0.507 e. The van der Waals surface area contributed by atoms with E-state index in [0.717, 1.165) is 23.5 Å². The van der Waals surface area contributed by atoms with Crippen molar-refractivity contribution in [1.29, 1.82) is 0 Å². The number of carbonyl (C=O) groups excluding carboxylic acids is 2. The van der Waals surface area contributed by atoms with Gasteiger partial charge in [-0.2, -0.15) is 0 Å². The number of amides is 2. The maximum Gasteiger partial charge on any atom is 0.266 e. The molecule has 2 aliphatic heterocycles. The molecule has 2 heterocycles. The Kier molecular flexibility index (Phi) is 6.66. The number of nitrogens with zero attached hydrogens (tertiary/aromatic N) is 2. The first kappa shape index (κ1) is 22.5. The summed E-state index contributed by atoms with van der Waals surface area (Å²) in [6.07, 6.45) is 3.20. The first-order chi connectivity index (χ1) is 15.3. The molecular formula is C22H16N2O4S4. The maximum absolute atomic E-state index is 12.8. The molecule has 4 rings (SSSR count). The van der Waals surface area contributed by atoms with E-state index in [1.807, 2.05) is 0 Å². The Labute approximate surface area is 203 Å². The van der Waals surface area contributed by atoms with Crippen LogP contribution in [0.2, 0.25) is 0 Å². The van der Waals surface area contributed by atoms with Gasteiger partial charge in [0, 0.05) is 24.2 Å². The van der Waals surface area contributed by atoms with Gasteiger partial charge in [0.15, 0.2) is 0 Å². The minimum absolute atomic E-state index is 0.0755. The van der Waals surface area contributed by atoms with Crippen molar-refractivity contribution in [2.45, 2.75) is 0 Å². The lowest BCUT2D eigenvalue weighted by molar-refractivity contribution is -0.125. The van der Waals surface area contributed by atoms with Crippen LogP contribution in [0.5, 0.6) is 11.5 Å². The zero-order valence-corrected chi connectivity index (χ0v) is 19.7. The zero-order chi connectivity index (χ0) is 22.8. The molecule has 162 valence electrons. The molecule has 0 aromatic heterocycles. The number of carbonyl (C=O) groups is 2. The lowest BCUT2D eigenvalue weighted by Crippen LogP contribution is -2.39. The Hall–Kier alpha value is -2.66. The molecule has 2 aliphatic rings.